The Bertz CT molecular complexity index is 2770. The summed E-state index contributed by atoms with van der Waals surface area (Å²) in [6, 6.07) is 77.5. The molecule has 69 heavy (non-hydrogen) atoms. The van der Waals surface area contributed by atoms with Gasteiger partial charge in [-0.1, -0.05) is 156 Å². The largest absolute Gasteiger partial charge is 0.457 e. The average Bonchev–Trinajstić information content (AvgIpc) is 3.39. The predicted molar refractivity (Wildman–Crippen MR) is 292 cm³/mol. The Hall–Kier alpha value is -7.24. The van der Waals surface area contributed by atoms with Gasteiger partial charge in [0.2, 0.25) is 0 Å². The second-order valence-electron chi connectivity index (χ2n) is 19.9. The quantitative estimate of drug-likeness (QED) is 0.108. The van der Waals surface area contributed by atoms with Crippen LogP contribution in [-0.4, -0.2) is 12.1 Å². The van der Waals surface area contributed by atoms with Crippen LogP contribution >= 0.6 is 0 Å². The summed E-state index contributed by atoms with van der Waals surface area (Å²) >= 11 is 0. The first-order valence-electron chi connectivity index (χ1n) is 25.4. The van der Waals surface area contributed by atoms with Crippen LogP contribution in [0.25, 0.3) is 0 Å². The van der Waals surface area contributed by atoms with Gasteiger partial charge >= 0.3 is 0 Å². The fourth-order valence-corrected chi connectivity index (χ4v) is 10.7. The Balaban J connectivity index is 1.10. The highest BCUT2D eigenvalue weighted by Crippen LogP contribution is 2.46. The standard InChI is InChI=1S/C64H66N4O/c1-64(2,3)49-42-58(65(50-26-11-4-12-27-50)51-28-13-5-14-29-51)44-59(43-49)68(56-38-23-10-24-39-56)57-40-25-41-62(46-57)69-63-47-60(66(52-30-15-6-16-31-52)53-32-17-7-18-33-53)45-61(48-63)67(54-34-19-8-20-35-54)55-36-21-9-22-37-55/h4-7,10-18,23-33,38-48,54-55H,8-9,19-22,34-37H2,1-3H3. The minimum absolute atomic E-state index is 0.129. The van der Waals surface area contributed by atoms with E-state index in [1.54, 1.807) is 0 Å². The Morgan fingerprint density at radius 2 is 0.652 bits per heavy atom. The molecule has 0 unspecified atom stereocenters. The van der Waals surface area contributed by atoms with Crippen LogP contribution in [-0.2, 0) is 5.41 Å². The van der Waals surface area contributed by atoms with Gasteiger partial charge in [0.1, 0.15) is 11.5 Å². The van der Waals surface area contributed by atoms with Crippen molar-refractivity contribution in [1.82, 2.24) is 0 Å². The molecule has 0 radical (unpaired) electrons. The van der Waals surface area contributed by atoms with Gasteiger partial charge in [-0.2, -0.15) is 0 Å². The monoisotopic (exact) mass is 907 g/mol. The zero-order valence-corrected chi connectivity index (χ0v) is 40.6. The minimum Gasteiger partial charge on any atom is -0.457 e. The van der Waals surface area contributed by atoms with Crippen LogP contribution in [0.3, 0.4) is 0 Å². The predicted octanol–water partition coefficient (Wildman–Crippen LogP) is 18.7. The summed E-state index contributed by atoms with van der Waals surface area (Å²) in [6.07, 6.45) is 12.8. The molecule has 348 valence electrons. The molecule has 0 aliphatic heterocycles. The molecular weight excluding hydrogens is 841 g/mol. The number of nitrogens with zero attached hydrogens (tertiary/aromatic N) is 4. The molecule has 2 fully saturated rings. The van der Waals surface area contributed by atoms with Gasteiger partial charge in [0, 0.05) is 81.5 Å². The molecule has 10 rings (SSSR count). The molecule has 0 N–H and O–H groups in total. The van der Waals surface area contributed by atoms with Crippen molar-refractivity contribution >= 4 is 56.9 Å². The smallest absolute Gasteiger partial charge is 0.131 e. The highest BCUT2D eigenvalue weighted by molar-refractivity contribution is 5.85. The van der Waals surface area contributed by atoms with Crippen molar-refractivity contribution in [3.05, 3.63) is 218 Å². The summed E-state index contributed by atoms with van der Waals surface area (Å²) in [5.41, 5.74) is 12.1. The summed E-state index contributed by atoms with van der Waals surface area (Å²) in [6.45, 7) is 6.90. The van der Waals surface area contributed by atoms with Crippen molar-refractivity contribution in [2.24, 2.45) is 0 Å². The molecule has 0 bridgehead atoms. The van der Waals surface area contributed by atoms with Gasteiger partial charge in [0.25, 0.3) is 0 Å². The third kappa shape index (κ3) is 10.6. The Morgan fingerprint density at radius 1 is 0.319 bits per heavy atom. The van der Waals surface area contributed by atoms with Gasteiger partial charge < -0.3 is 24.3 Å². The van der Waals surface area contributed by atoms with Crippen LogP contribution in [0.15, 0.2) is 212 Å². The van der Waals surface area contributed by atoms with E-state index in [9.17, 15) is 0 Å². The Morgan fingerprint density at radius 3 is 1.06 bits per heavy atom. The lowest BCUT2D eigenvalue weighted by Crippen LogP contribution is -2.45. The zero-order valence-electron chi connectivity index (χ0n) is 40.6. The minimum atomic E-state index is -0.129. The van der Waals surface area contributed by atoms with Gasteiger partial charge in [-0.15, -0.1) is 0 Å². The molecular formula is C64H66N4O. The van der Waals surface area contributed by atoms with Crippen LogP contribution in [0, 0.1) is 0 Å². The summed E-state index contributed by atoms with van der Waals surface area (Å²) in [5.74, 6) is 1.62. The molecule has 0 saturated heterocycles. The van der Waals surface area contributed by atoms with E-state index in [0.717, 1.165) is 62.7 Å². The van der Waals surface area contributed by atoms with Crippen LogP contribution in [0.4, 0.5) is 56.9 Å². The number of para-hydroxylation sites is 5. The van der Waals surface area contributed by atoms with Gasteiger partial charge in [0.05, 0.1) is 5.69 Å². The average molecular weight is 907 g/mol. The van der Waals surface area contributed by atoms with Gasteiger partial charge in [-0.25, -0.2) is 0 Å². The van der Waals surface area contributed by atoms with Gasteiger partial charge in [-0.3, -0.25) is 0 Å². The highest BCUT2D eigenvalue weighted by Gasteiger charge is 2.31. The summed E-state index contributed by atoms with van der Waals surface area (Å²) in [4.78, 5) is 9.97. The maximum Gasteiger partial charge on any atom is 0.131 e. The van der Waals surface area contributed by atoms with Crippen LogP contribution in [0.1, 0.15) is 90.5 Å². The highest BCUT2D eigenvalue weighted by atomic mass is 16.5. The van der Waals surface area contributed by atoms with E-state index in [4.69, 9.17) is 4.74 Å². The molecule has 2 aliphatic rings. The van der Waals surface area contributed by atoms with E-state index < -0.39 is 0 Å². The van der Waals surface area contributed by atoms with Crippen LogP contribution < -0.4 is 24.3 Å². The first-order valence-corrected chi connectivity index (χ1v) is 25.4. The number of hydrogen-bond acceptors (Lipinski definition) is 5. The summed E-state index contributed by atoms with van der Waals surface area (Å²) < 4.78 is 7.24. The number of ether oxygens (including phenoxy) is 1. The van der Waals surface area contributed by atoms with E-state index in [1.807, 2.05) is 0 Å². The molecule has 5 heteroatoms. The number of hydrogen-bond donors (Lipinski definition) is 0. The normalized spacial score (nSPS) is 14.5. The zero-order chi connectivity index (χ0) is 47.0. The van der Waals surface area contributed by atoms with Crippen molar-refractivity contribution in [3.8, 4) is 11.5 Å². The van der Waals surface area contributed by atoms with E-state index in [0.29, 0.717) is 12.1 Å². The van der Waals surface area contributed by atoms with Crippen molar-refractivity contribution in [3.63, 3.8) is 0 Å². The topological polar surface area (TPSA) is 22.2 Å². The third-order valence-corrected chi connectivity index (χ3v) is 14.0. The first kappa shape index (κ1) is 45.5. The molecule has 0 aromatic heterocycles. The van der Waals surface area contributed by atoms with Gasteiger partial charge in [0.15, 0.2) is 0 Å². The number of rotatable bonds is 14. The first-order chi connectivity index (χ1) is 33.9. The van der Waals surface area contributed by atoms with E-state index >= 15 is 0 Å². The molecule has 2 aliphatic carbocycles. The molecule has 5 nitrogen and oxygen atoms in total. The Labute approximate surface area is 411 Å². The molecule has 0 spiro atoms. The number of benzene rings is 8. The fourth-order valence-electron chi connectivity index (χ4n) is 10.7. The summed E-state index contributed by atoms with van der Waals surface area (Å²) in [7, 11) is 0. The third-order valence-electron chi connectivity index (χ3n) is 14.0. The fraction of sp³-hybridized carbons (Fsp3) is 0.250. The van der Waals surface area contributed by atoms with E-state index in [2.05, 4.69) is 253 Å². The lowest BCUT2D eigenvalue weighted by atomic mass is 9.86. The van der Waals surface area contributed by atoms with Crippen molar-refractivity contribution in [2.75, 3.05) is 19.6 Å². The second kappa shape index (κ2) is 21.0. The molecule has 2 saturated carbocycles. The van der Waals surface area contributed by atoms with Crippen molar-refractivity contribution in [2.45, 2.75) is 102 Å². The maximum absolute atomic E-state index is 7.24. The lowest BCUT2D eigenvalue weighted by Gasteiger charge is -2.44. The molecule has 0 heterocycles. The van der Waals surface area contributed by atoms with E-state index in [1.165, 1.54) is 75.5 Å². The molecule has 0 atom stereocenters. The SMILES string of the molecule is CC(C)(C)c1cc(N(c2ccccc2)c2ccccc2)cc(N(c2ccccc2)c2cccc(Oc3cc(N(c4ccccc4)c4ccccc4)cc(N(C4CCCCC4)C4CCCCC4)c3)c2)c1. The van der Waals surface area contributed by atoms with Crippen LogP contribution in [0.2, 0.25) is 0 Å². The molecule has 8 aromatic rings. The molecule has 8 aromatic carbocycles. The van der Waals surface area contributed by atoms with Crippen LogP contribution in [0.5, 0.6) is 11.5 Å². The van der Waals surface area contributed by atoms with E-state index in [-0.39, 0.29) is 5.41 Å². The molecule has 0 amide bonds. The number of anilines is 10. The Kier molecular flexibility index (Phi) is 13.8. The second-order valence-corrected chi connectivity index (χ2v) is 19.9. The lowest BCUT2D eigenvalue weighted by molar-refractivity contribution is 0.339. The summed E-state index contributed by atoms with van der Waals surface area (Å²) in [5, 5.41) is 0. The van der Waals surface area contributed by atoms with Crippen molar-refractivity contribution < 1.29 is 4.74 Å². The van der Waals surface area contributed by atoms with Gasteiger partial charge in [-0.05, 0) is 134 Å². The maximum atomic E-state index is 7.24. The van der Waals surface area contributed by atoms with Crippen molar-refractivity contribution in [1.29, 1.82) is 0 Å².